The predicted octanol–water partition coefficient (Wildman–Crippen LogP) is 1.58. The third-order valence-electron chi connectivity index (χ3n) is 2.70. The van der Waals surface area contributed by atoms with Crippen molar-refractivity contribution in [3.8, 4) is 0 Å². The van der Waals surface area contributed by atoms with Crippen LogP contribution in [-0.2, 0) is 11.3 Å². The highest BCUT2D eigenvalue weighted by Crippen LogP contribution is 2.09. The van der Waals surface area contributed by atoms with E-state index in [0.717, 1.165) is 12.0 Å². The molecule has 16 heavy (non-hydrogen) atoms. The molecule has 1 aromatic carbocycles. The van der Waals surface area contributed by atoms with E-state index >= 15 is 0 Å². The molecule has 1 aromatic rings. The van der Waals surface area contributed by atoms with E-state index < -0.39 is 6.10 Å². The minimum atomic E-state index is -0.585. The lowest BCUT2D eigenvalue weighted by Crippen LogP contribution is -2.27. The maximum atomic E-state index is 9.70. The molecule has 0 heterocycles. The van der Waals surface area contributed by atoms with Gasteiger partial charge in [-0.25, -0.2) is 0 Å². The van der Waals surface area contributed by atoms with Crippen molar-refractivity contribution < 1.29 is 14.9 Å². The minimum Gasteiger partial charge on any atom is -0.396 e. The Morgan fingerprint density at radius 3 is 2.50 bits per heavy atom. The van der Waals surface area contributed by atoms with Gasteiger partial charge in [-0.15, -0.1) is 0 Å². The Balaban J connectivity index is 2.25. The quantitative estimate of drug-likeness (QED) is 0.739. The Bertz CT molecular complexity index is 270. The summed E-state index contributed by atoms with van der Waals surface area (Å²) in [7, 11) is 0. The first-order valence-corrected chi connectivity index (χ1v) is 5.68. The molecule has 0 aliphatic heterocycles. The van der Waals surface area contributed by atoms with E-state index in [1.807, 2.05) is 37.3 Å². The van der Waals surface area contributed by atoms with Gasteiger partial charge in [-0.2, -0.15) is 0 Å². The zero-order valence-corrected chi connectivity index (χ0v) is 9.67. The van der Waals surface area contributed by atoms with Crippen molar-refractivity contribution in [2.24, 2.45) is 5.92 Å². The summed E-state index contributed by atoms with van der Waals surface area (Å²) in [6, 6.07) is 9.83. The summed E-state index contributed by atoms with van der Waals surface area (Å²) in [5, 5.41) is 18.7. The molecule has 0 aliphatic rings. The second-order valence-electron chi connectivity index (χ2n) is 3.92. The molecular weight excluding hydrogens is 204 g/mol. The zero-order valence-electron chi connectivity index (χ0n) is 9.67. The number of aliphatic hydroxyl groups is 2. The van der Waals surface area contributed by atoms with Gasteiger partial charge < -0.3 is 14.9 Å². The molecule has 0 bridgehead atoms. The third kappa shape index (κ3) is 4.31. The molecule has 3 nitrogen and oxygen atoms in total. The fourth-order valence-electron chi connectivity index (χ4n) is 1.53. The van der Waals surface area contributed by atoms with Crippen LogP contribution in [-0.4, -0.2) is 29.5 Å². The Morgan fingerprint density at radius 2 is 1.94 bits per heavy atom. The van der Waals surface area contributed by atoms with Crippen molar-refractivity contribution in [3.05, 3.63) is 35.9 Å². The molecule has 2 atom stereocenters. The van der Waals surface area contributed by atoms with Gasteiger partial charge in [-0.1, -0.05) is 37.3 Å². The van der Waals surface area contributed by atoms with Crippen LogP contribution in [0.4, 0.5) is 0 Å². The summed E-state index contributed by atoms with van der Waals surface area (Å²) >= 11 is 0. The molecule has 0 spiro atoms. The summed E-state index contributed by atoms with van der Waals surface area (Å²) in [5.41, 5.74) is 1.09. The highest BCUT2D eigenvalue weighted by atomic mass is 16.5. The number of ether oxygens (including phenoxy) is 1. The van der Waals surface area contributed by atoms with Gasteiger partial charge in [0.1, 0.15) is 0 Å². The first kappa shape index (κ1) is 13.2. The monoisotopic (exact) mass is 224 g/mol. The second-order valence-corrected chi connectivity index (χ2v) is 3.92. The summed E-state index contributed by atoms with van der Waals surface area (Å²) in [4.78, 5) is 0. The SMILES string of the molecule is CC[C@@H](CO)[C@H](O)COCc1ccccc1. The van der Waals surface area contributed by atoms with Crippen LogP contribution in [0.15, 0.2) is 30.3 Å². The van der Waals surface area contributed by atoms with Crippen LogP contribution in [0.1, 0.15) is 18.9 Å². The summed E-state index contributed by atoms with van der Waals surface area (Å²) in [6.45, 7) is 2.72. The van der Waals surface area contributed by atoms with E-state index in [-0.39, 0.29) is 19.1 Å². The van der Waals surface area contributed by atoms with Gasteiger partial charge in [0.25, 0.3) is 0 Å². The van der Waals surface area contributed by atoms with Crippen LogP contribution in [0.3, 0.4) is 0 Å². The van der Waals surface area contributed by atoms with Crippen LogP contribution in [0.2, 0.25) is 0 Å². The second kappa shape index (κ2) is 7.39. The van der Waals surface area contributed by atoms with E-state index in [0.29, 0.717) is 6.61 Å². The van der Waals surface area contributed by atoms with Crippen molar-refractivity contribution in [2.75, 3.05) is 13.2 Å². The number of hydrogen-bond acceptors (Lipinski definition) is 3. The van der Waals surface area contributed by atoms with E-state index in [1.54, 1.807) is 0 Å². The van der Waals surface area contributed by atoms with Gasteiger partial charge in [-0.05, 0) is 12.0 Å². The molecule has 90 valence electrons. The fraction of sp³-hybridized carbons (Fsp3) is 0.538. The van der Waals surface area contributed by atoms with Crippen LogP contribution >= 0.6 is 0 Å². The van der Waals surface area contributed by atoms with E-state index in [2.05, 4.69) is 0 Å². The Hall–Kier alpha value is -0.900. The van der Waals surface area contributed by atoms with Gasteiger partial charge in [-0.3, -0.25) is 0 Å². The van der Waals surface area contributed by atoms with E-state index in [1.165, 1.54) is 0 Å². The standard InChI is InChI=1S/C13H20O3/c1-2-12(8-14)13(15)10-16-9-11-6-4-3-5-7-11/h3-7,12-15H,2,8-10H2,1H3/t12-,13+/m0/s1. The van der Waals surface area contributed by atoms with Crippen molar-refractivity contribution in [2.45, 2.75) is 26.1 Å². The molecule has 0 saturated heterocycles. The van der Waals surface area contributed by atoms with Gasteiger partial charge in [0.2, 0.25) is 0 Å². The molecule has 0 saturated carbocycles. The highest BCUT2D eigenvalue weighted by Gasteiger charge is 2.16. The molecule has 0 aromatic heterocycles. The van der Waals surface area contributed by atoms with Gasteiger partial charge in [0.05, 0.1) is 19.3 Å². The number of hydrogen-bond donors (Lipinski definition) is 2. The topological polar surface area (TPSA) is 49.7 Å². The van der Waals surface area contributed by atoms with Crippen LogP contribution in [0.5, 0.6) is 0 Å². The maximum Gasteiger partial charge on any atom is 0.0823 e. The fourth-order valence-corrected chi connectivity index (χ4v) is 1.53. The summed E-state index contributed by atoms with van der Waals surface area (Å²) in [5.74, 6) is -0.0872. The lowest BCUT2D eigenvalue weighted by molar-refractivity contribution is -0.0171. The Morgan fingerprint density at radius 1 is 1.25 bits per heavy atom. The van der Waals surface area contributed by atoms with E-state index in [9.17, 15) is 5.11 Å². The summed E-state index contributed by atoms with van der Waals surface area (Å²) in [6.07, 6.45) is 0.172. The molecule has 3 heteroatoms. The van der Waals surface area contributed by atoms with Crippen molar-refractivity contribution >= 4 is 0 Å². The van der Waals surface area contributed by atoms with Gasteiger partial charge in [0, 0.05) is 12.5 Å². The van der Waals surface area contributed by atoms with Gasteiger partial charge >= 0.3 is 0 Å². The highest BCUT2D eigenvalue weighted by molar-refractivity contribution is 5.13. The normalized spacial score (nSPS) is 14.7. The molecule has 1 rings (SSSR count). The molecule has 0 amide bonds. The number of aliphatic hydroxyl groups excluding tert-OH is 2. The first-order chi connectivity index (χ1) is 7.77. The van der Waals surface area contributed by atoms with Crippen LogP contribution < -0.4 is 0 Å². The van der Waals surface area contributed by atoms with Crippen LogP contribution in [0, 0.1) is 5.92 Å². The molecule has 2 N–H and O–H groups in total. The molecule has 0 fully saturated rings. The van der Waals surface area contributed by atoms with Crippen LogP contribution in [0.25, 0.3) is 0 Å². The average molecular weight is 224 g/mol. The molecular formula is C13H20O3. The average Bonchev–Trinajstić information content (AvgIpc) is 2.32. The summed E-state index contributed by atoms with van der Waals surface area (Å²) < 4.78 is 5.40. The van der Waals surface area contributed by atoms with E-state index in [4.69, 9.17) is 9.84 Å². The third-order valence-corrected chi connectivity index (χ3v) is 2.70. The Labute approximate surface area is 96.7 Å². The Kier molecular flexibility index (Phi) is 6.08. The van der Waals surface area contributed by atoms with Crippen molar-refractivity contribution in [1.29, 1.82) is 0 Å². The predicted molar refractivity (Wildman–Crippen MR) is 63.0 cm³/mol. The number of rotatable bonds is 7. The first-order valence-electron chi connectivity index (χ1n) is 5.68. The van der Waals surface area contributed by atoms with Crippen molar-refractivity contribution in [1.82, 2.24) is 0 Å². The zero-order chi connectivity index (χ0) is 11.8. The maximum absolute atomic E-state index is 9.70. The smallest absolute Gasteiger partial charge is 0.0823 e. The lowest BCUT2D eigenvalue weighted by atomic mass is 10.0. The molecule has 0 radical (unpaired) electrons. The molecule has 0 aliphatic carbocycles. The minimum absolute atomic E-state index is 0.00631. The van der Waals surface area contributed by atoms with Crippen molar-refractivity contribution in [3.63, 3.8) is 0 Å². The van der Waals surface area contributed by atoms with Gasteiger partial charge in [0.15, 0.2) is 0 Å². The molecule has 0 unspecified atom stereocenters. The number of benzene rings is 1. The largest absolute Gasteiger partial charge is 0.396 e. The lowest BCUT2D eigenvalue weighted by Gasteiger charge is -2.19.